The van der Waals surface area contributed by atoms with Gasteiger partial charge in [-0.3, -0.25) is 0 Å². The van der Waals surface area contributed by atoms with Crippen molar-refractivity contribution in [2.45, 2.75) is 45.6 Å². The summed E-state index contributed by atoms with van der Waals surface area (Å²) in [7, 11) is 1.64. The Morgan fingerprint density at radius 3 is 2.72 bits per heavy atom. The van der Waals surface area contributed by atoms with Crippen LogP contribution in [0, 0.1) is 0 Å². The SMILES string of the molecule is CCCCCNC(C)Cc1ccc(OC)c(N)c1. The third kappa shape index (κ3) is 4.96. The Hall–Kier alpha value is -1.22. The molecule has 0 saturated heterocycles. The third-order valence-corrected chi connectivity index (χ3v) is 3.11. The topological polar surface area (TPSA) is 47.3 Å². The molecule has 0 aliphatic carbocycles. The second-order valence-corrected chi connectivity index (χ2v) is 4.84. The van der Waals surface area contributed by atoms with Gasteiger partial charge >= 0.3 is 0 Å². The Bertz CT molecular complexity index is 352. The van der Waals surface area contributed by atoms with Crippen LogP contribution >= 0.6 is 0 Å². The van der Waals surface area contributed by atoms with Crippen LogP contribution in [-0.2, 0) is 6.42 Å². The first-order chi connectivity index (χ1) is 8.67. The molecule has 0 aliphatic heterocycles. The molecule has 0 saturated carbocycles. The van der Waals surface area contributed by atoms with Crippen LogP contribution in [-0.4, -0.2) is 19.7 Å². The number of hydrogen-bond acceptors (Lipinski definition) is 3. The number of nitrogens with one attached hydrogen (secondary N) is 1. The maximum atomic E-state index is 5.90. The molecule has 3 N–H and O–H groups in total. The van der Waals surface area contributed by atoms with Gasteiger partial charge in [-0.15, -0.1) is 0 Å². The molecule has 1 unspecified atom stereocenters. The fourth-order valence-corrected chi connectivity index (χ4v) is 2.06. The molecule has 0 bridgehead atoms. The summed E-state index contributed by atoms with van der Waals surface area (Å²) in [6, 6.07) is 6.51. The van der Waals surface area contributed by atoms with E-state index in [9.17, 15) is 0 Å². The van der Waals surface area contributed by atoms with E-state index < -0.39 is 0 Å². The van der Waals surface area contributed by atoms with Gasteiger partial charge in [-0.05, 0) is 44.0 Å². The molecule has 3 heteroatoms. The standard InChI is InChI=1S/C15H26N2O/c1-4-5-6-9-17-12(2)10-13-7-8-15(18-3)14(16)11-13/h7-8,11-12,17H,4-6,9-10,16H2,1-3H3. The molecule has 1 rings (SSSR count). The summed E-state index contributed by atoms with van der Waals surface area (Å²) in [6.07, 6.45) is 4.83. The molecule has 0 radical (unpaired) electrons. The lowest BCUT2D eigenvalue weighted by Crippen LogP contribution is -2.28. The predicted molar refractivity (Wildman–Crippen MR) is 78.1 cm³/mol. The van der Waals surface area contributed by atoms with E-state index in [-0.39, 0.29) is 0 Å². The minimum atomic E-state index is 0.481. The molecule has 0 amide bonds. The maximum Gasteiger partial charge on any atom is 0.141 e. The van der Waals surface area contributed by atoms with Crippen molar-refractivity contribution in [3.8, 4) is 5.75 Å². The van der Waals surface area contributed by atoms with Crippen molar-refractivity contribution in [2.75, 3.05) is 19.4 Å². The van der Waals surface area contributed by atoms with Gasteiger partial charge in [0.2, 0.25) is 0 Å². The number of nitrogens with two attached hydrogens (primary N) is 1. The molecule has 0 aromatic heterocycles. The minimum absolute atomic E-state index is 0.481. The fourth-order valence-electron chi connectivity index (χ4n) is 2.06. The summed E-state index contributed by atoms with van der Waals surface area (Å²) in [6.45, 7) is 5.54. The van der Waals surface area contributed by atoms with Crippen molar-refractivity contribution >= 4 is 5.69 Å². The molecule has 102 valence electrons. The summed E-state index contributed by atoms with van der Waals surface area (Å²) < 4.78 is 5.16. The minimum Gasteiger partial charge on any atom is -0.495 e. The molecule has 18 heavy (non-hydrogen) atoms. The van der Waals surface area contributed by atoms with Crippen LogP contribution in [0.1, 0.15) is 38.7 Å². The Morgan fingerprint density at radius 1 is 1.33 bits per heavy atom. The van der Waals surface area contributed by atoms with E-state index in [4.69, 9.17) is 10.5 Å². The van der Waals surface area contributed by atoms with Crippen molar-refractivity contribution in [1.29, 1.82) is 0 Å². The zero-order chi connectivity index (χ0) is 13.4. The Kier molecular flexibility index (Phi) is 6.58. The highest BCUT2D eigenvalue weighted by Gasteiger charge is 2.05. The van der Waals surface area contributed by atoms with Gasteiger partial charge in [0, 0.05) is 6.04 Å². The van der Waals surface area contributed by atoms with E-state index in [0.717, 1.165) is 18.7 Å². The lowest BCUT2D eigenvalue weighted by molar-refractivity contribution is 0.416. The smallest absolute Gasteiger partial charge is 0.141 e. The van der Waals surface area contributed by atoms with Crippen LogP contribution in [0.5, 0.6) is 5.75 Å². The first-order valence-corrected chi connectivity index (χ1v) is 6.83. The molecule has 0 fully saturated rings. The molecule has 1 aromatic rings. The summed E-state index contributed by atoms with van der Waals surface area (Å²) in [5.41, 5.74) is 7.87. The molecular weight excluding hydrogens is 224 g/mol. The van der Waals surface area contributed by atoms with E-state index in [2.05, 4.69) is 25.2 Å². The molecule has 3 nitrogen and oxygen atoms in total. The molecule has 1 aromatic carbocycles. The average Bonchev–Trinajstić information content (AvgIpc) is 2.35. The summed E-state index contributed by atoms with van der Waals surface area (Å²) in [5, 5.41) is 3.54. The van der Waals surface area contributed by atoms with Crippen LogP contribution < -0.4 is 15.8 Å². The fraction of sp³-hybridized carbons (Fsp3) is 0.600. The van der Waals surface area contributed by atoms with Crippen LogP contribution in [0.15, 0.2) is 18.2 Å². The highest BCUT2D eigenvalue weighted by Crippen LogP contribution is 2.22. The quantitative estimate of drug-likeness (QED) is 0.551. The van der Waals surface area contributed by atoms with Crippen molar-refractivity contribution in [1.82, 2.24) is 5.32 Å². The van der Waals surface area contributed by atoms with E-state index in [1.807, 2.05) is 12.1 Å². The van der Waals surface area contributed by atoms with Gasteiger partial charge in [0.05, 0.1) is 12.8 Å². The summed E-state index contributed by atoms with van der Waals surface area (Å²) >= 11 is 0. The average molecular weight is 250 g/mol. The third-order valence-electron chi connectivity index (χ3n) is 3.11. The van der Waals surface area contributed by atoms with Crippen LogP contribution in [0.2, 0.25) is 0 Å². The Labute approximate surface area is 111 Å². The van der Waals surface area contributed by atoms with Crippen LogP contribution in [0.4, 0.5) is 5.69 Å². The van der Waals surface area contributed by atoms with Gasteiger partial charge in [-0.25, -0.2) is 0 Å². The second kappa shape index (κ2) is 7.98. The Morgan fingerprint density at radius 2 is 2.11 bits per heavy atom. The number of hydrogen-bond donors (Lipinski definition) is 2. The van der Waals surface area contributed by atoms with Crippen LogP contribution in [0.3, 0.4) is 0 Å². The highest BCUT2D eigenvalue weighted by molar-refractivity contribution is 5.54. The predicted octanol–water partition coefficient (Wildman–Crippen LogP) is 2.99. The Balaban J connectivity index is 2.39. The van der Waals surface area contributed by atoms with E-state index in [0.29, 0.717) is 11.7 Å². The lowest BCUT2D eigenvalue weighted by Gasteiger charge is -2.14. The molecular formula is C15H26N2O. The number of unbranched alkanes of at least 4 members (excludes halogenated alkanes) is 2. The normalized spacial score (nSPS) is 12.4. The zero-order valence-electron chi connectivity index (χ0n) is 11.8. The zero-order valence-corrected chi connectivity index (χ0v) is 11.8. The molecule has 0 aliphatic rings. The molecule has 1 atom stereocenters. The van der Waals surface area contributed by atoms with Crippen molar-refractivity contribution in [3.63, 3.8) is 0 Å². The van der Waals surface area contributed by atoms with E-state index in [1.165, 1.54) is 24.8 Å². The molecule has 0 spiro atoms. The number of ether oxygens (including phenoxy) is 1. The van der Waals surface area contributed by atoms with Gasteiger partial charge in [0.15, 0.2) is 0 Å². The molecule has 0 heterocycles. The van der Waals surface area contributed by atoms with Crippen molar-refractivity contribution in [2.24, 2.45) is 0 Å². The van der Waals surface area contributed by atoms with Gasteiger partial charge in [0.25, 0.3) is 0 Å². The number of methoxy groups -OCH3 is 1. The number of benzene rings is 1. The van der Waals surface area contributed by atoms with Crippen molar-refractivity contribution in [3.05, 3.63) is 23.8 Å². The number of anilines is 1. The first kappa shape index (κ1) is 14.8. The first-order valence-electron chi connectivity index (χ1n) is 6.83. The number of nitrogen functional groups attached to an aromatic ring is 1. The maximum absolute atomic E-state index is 5.90. The van der Waals surface area contributed by atoms with Gasteiger partial charge in [0.1, 0.15) is 5.75 Å². The summed E-state index contributed by atoms with van der Waals surface area (Å²) in [4.78, 5) is 0. The largest absolute Gasteiger partial charge is 0.495 e. The summed E-state index contributed by atoms with van der Waals surface area (Å²) in [5.74, 6) is 0.752. The van der Waals surface area contributed by atoms with E-state index >= 15 is 0 Å². The monoisotopic (exact) mass is 250 g/mol. The second-order valence-electron chi connectivity index (χ2n) is 4.84. The van der Waals surface area contributed by atoms with Gasteiger partial charge in [-0.2, -0.15) is 0 Å². The van der Waals surface area contributed by atoms with Crippen molar-refractivity contribution < 1.29 is 4.74 Å². The van der Waals surface area contributed by atoms with Gasteiger partial charge < -0.3 is 15.8 Å². The number of rotatable bonds is 8. The van der Waals surface area contributed by atoms with E-state index in [1.54, 1.807) is 7.11 Å². The van der Waals surface area contributed by atoms with Gasteiger partial charge in [-0.1, -0.05) is 25.8 Å². The lowest BCUT2D eigenvalue weighted by atomic mass is 10.1. The van der Waals surface area contributed by atoms with Crippen LogP contribution in [0.25, 0.3) is 0 Å². The highest BCUT2D eigenvalue weighted by atomic mass is 16.5.